The van der Waals surface area contributed by atoms with Gasteiger partial charge in [0.15, 0.2) is 6.61 Å². The molecule has 0 saturated carbocycles. The van der Waals surface area contributed by atoms with Gasteiger partial charge in [0, 0.05) is 13.1 Å². The first-order valence-corrected chi connectivity index (χ1v) is 9.58. The maximum absolute atomic E-state index is 11.7. The Labute approximate surface area is 138 Å². The van der Waals surface area contributed by atoms with E-state index in [1.54, 1.807) is 0 Å². The first-order valence-electron chi connectivity index (χ1n) is 7.93. The molecule has 23 heavy (non-hydrogen) atoms. The summed E-state index contributed by atoms with van der Waals surface area (Å²) in [6.07, 6.45) is 2.29. The van der Waals surface area contributed by atoms with Crippen LogP contribution in [0.1, 0.15) is 32.3 Å². The zero-order valence-corrected chi connectivity index (χ0v) is 14.6. The minimum absolute atomic E-state index is 0.0837. The predicted octanol–water partition coefficient (Wildman–Crippen LogP) is 1.46. The molecule has 1 aromatic carbocycles. The van der Waals surface area contributed by atoms with Crippen LogP contribution in [0.5, 0.6) is 5.75 Å². The number of aryl methyl sites for hydroxylation is 1. The van der Waals surface area contributed by atoms with E-state index < -0.39 is 10.0 Å². The van der Waals surface area contributed by atoms with E-state index in [9.17, 15) is 13.2 Å². The number of sulfonamides is 1. The Morgan fingerprint density at radius 2 is 1.91 bits per heavy atom. The van der Waals surface area contributed by atoms with Crippen molar-refractivity contribution in [1.29, 1.82) is 0 Å². The van der Waals surface area contributed by atoms with Crippen molar-refractivity contribution in [3.8, 4) is 5.75 Å². The number of benzene rings is 1. The smallest absolute Gasteiger partial charge is 0.257 e. The summed E-state index contributed by atoms with van der Waals surface area (Å²) in [6, 6.07) is 7.57. The fourth-order valence-electron chi connectivity index (χ4n) is 1.95. The van der Waals surface area contributed by atoms with Gasteiger partial charge in [-0.05, 0) is 24.5 Å². The van der Waals surface area contributed by atoms with Crippen LogP contribution in [0.25, 0.3) is 0 Å². The van der Waals surface area contributed by atoms with Gasteiger partial charge in [0.05, 0.1) is 5.75 Å². The molecule has 0 fully saturated rings. The number of carbonyl (C=O) groups excluding carboxylic acids is 1. The van der Waals surface area contributed by atoms with Gasteiger partial charge >= 0.3 is 0 Å². The lowest BCUT2D eigenvalue weighted by Crippen LogP contribution is -2.37. The van der Waals surface area contributed by atoms with E-state index in [1.807, 2.05) is 38.1 Å². The molecule has 0 heterocycles. The summed E-state index contributed by atoms with van der Waals surface area (Å²) in [7, 11) is -3.24. The quantitative estimate of drug-likeness (QED) is 0.596. The summed E-state index contributed by atoms with van der Waals surface area (Å²) in [5, 5.41) is 2.63. The number of hydrogen-bond acceptors (Lipinski definition) is 4. The van der Waals surface area contributed by atoms with Crippen molar-refractivity contribution in [2.75, 3.05) is 25.4 Å². The fourth-order valence-corrected chi connectivity index (χ4v) is 3.17. The summed E-state index contributed by atoms with van der Waals surface area (Å²) in [6.45, 7) is 4.30. The largest absolute Gasteiger partial charge is 0.483 e. The lowest BCUT2D eigenvalue weighted by molar-refractivity contribution is -0.123. The summed E-state index contributed by atoms with van der Waals surface area (Å²) in [5.41, 5.74) is 1.05. The summed E-state index contributed by atoms with van der Waals surface area (Å²) in [4.78, 5) is 11.7. The Morgan fingerprint density at radius 1 is 1.17 bits per heavy atom. The summed E-state index contributed by atoms with van der Waals surface area (Å²) >= 11 is 0. The Morgan fingerprint density at radius 3 is 2.61 bits per heavy atom. The second-order valence-corrected chi connectivity index (χ2v) is 7.09. The molecular formula is C16H26N2O4S. The molecule has 0 aliphatic rings. The van der Waals surface area contributed by atoms with Crippen LogP contribution in [0, 0.1) is 0 Å². The van der Waals surface area contributed by atoms with Crippen LogP contribution in [0.2, 0.25) is 0 Å². The summed E-state index contributed by atoms with van der Waals surface area (Å²) in [5.74, 6) is 0.544. The van der Waals surface area contributed by atoms with E-state index >= 15 is 0 Å². The standard InChI is InChI=1S/C16H26N2O4S/c1-3-5-12-23(20,21)18-11-10-17-16(19)13-22-15-9-7-6-8-14(15)4-2/h6-9,18H,3-5,10-13H2,1-2H3,(H,17,19). The maximum Gasteiger partial charge on any atom is 0.257 e. The van der Waals surface area contributed by atoms with Gasteiger partial charge in [-0.1, -0.05) is 38.5 Å². The van der Waals surface area contributed by atoms with Gasteiger partial charge in [0.1, 0.15) is 5.75 Å². The number of unbranched alkanes of at least 4 members (excludes halogenated alkanes) is 1. The van der Waals surface area contributed by atoms with Gasteiger partial charge in [-0.2, -0.15) is 0 Å². The van der Waals surface area contributed by atoms with Crippen LogP contribution in [-0.4, -0.2) is 39.8 Å². The zero-order chi connectivity index (χ0) is 17.1. The third-order valence-corrected chi connectivity index (χ3v) is 4.72. The van der Waals surface area contributed by atoms with Crippen molar-refractivity contribution < 1.29 is 17.9 Å². The van der Waals surface area contributed by atoms with E-state index in [4.69, 9.17) is 4.74 Å². The van der Waals surface area contributed by atoms with E-state index in [0.29, 0.717) is 12.2 Å². The minimum atomic E-state index is -3.24. The maximum atomic E-state index is 11.7. The number of amides is 1. The molecule has 0 unspecified atom stereocenters. The highest BCUT2D eigenvalue weighted by molar-refractivity contribution is 7.89. The molecule has 2 N–H and O–H groups in total. The van der Waals surface area contributed by atoms with E-state index in [2.05, 4.69) is 10.0 Å². The van der Waals surface area contributed by atoms with Gasteiger partial charge in [0.25, 0.3) is 5.91 Å². The molecule has 1 rings (SSSR count). The Hall–Kier alpha value is -1.60. The van der Waals surface area contributed by atoms with Crippen molar-refractivity contribution in [2.24, 2.45) is 0 Å². The molecule has 0 aromatic heterocycles. The molecule has 6 nitrogen and oxygen atoms in total. The lowest BCUT2D eigenvalue weighted by Gasteiger charge is -2.11. The van der Waals surface area contributed by atoms with Gasteiger partial charge < -0.3 is 10.1 Å². The van der Waals surface area contributed by atoms with E-state index in [-0.39, 0.29) is 31.4 Å². The van der Waals surface area contributed by atoms with Crippen molar-refractivity contribution in [2.45, 2.75) is 33.1 Å². The molecule has 130 valence electrons. The second kappa shape index (κ2) is 10.2. The molecule has 0 bridgehead atoms. The number of carbonyl (C=O) groups is 1. The minimum Gasteiger partial charge on any atom is -0.483 e. The van der Waals surface area contributed by atoms with Crippen LogP contribution in [-0.2, 0) is 21.2 Å². The number of hydrogen-bond donors (Lipinski definition) is 2. The number of ether oxygens (including phenoxy) is 1. The fraction of sp³-hybridized carbons (Fsp3) is 0.562. The Bertz CT molecular complexity index is 587. The van der Waals surface area contributed by atoms with Gasteiger partial charge in [-0.3, -0.25) is 4.79 Å². The third-order valence-electron chi connectivity index (χ3n) is 3.25. The van der Waals surface area contributed by atoms with Gasteiger partial charge in [-0.25, -0.2) is 13.1 Å². The van der Waals surface area contributed by atoms with Crippen LogP contribution in [0.3, 0.4) is 0 Å². The summed E-state index contributed by atoms with van der Waals surface area (Å²) < 4.78 is 31.1. The number of rotatable bonds is 11. The first kappa shape index (κ1) is 19.4. The molecule has 0 atom stereocenters. The zero-order valence-electron chi connectivity index (χ0n) is 13.8. The van der Waals surface area contributed by atoms with E-state index in [1.165, 1.54) is 0 Å². The van der Waals surface area contributed by atoms with Crippen molar-refractivity contribution in [1.82, 2.24) is 10.0 Å². The number of nitrogens with one attached hydrogen (secondary N) is 2. The predicted molar refractivity (Wildman–Crippen MR) is 91.0 cm³/mol. The molecule has 0 spiro atoms. The lowest BCUT2D eigenvalue weighted by atomic mass is 10.1. The Kier molecular flexibility index (Phi) is 8.65. The second-order valence-electron chi connectivity index (χ2n) is 5.17. The van der Waals surface area contributed by atoms with Crippen molar-refractivity contribution in [3.63, 3.8) is 0 Å². The van der Waals surface area contributed by atoms with Gasteiger partial charge in [0.2, 0.25) is 10.0 Å². The normalized spacial score (nSPS) is 11.2. The monoisotopic (exact) mass is 342 g/mol. The highest BCUT2D eigenvalue weighted by Crippen LogP contribution is 2.17. The molecule has 0 aliphatic carbocycles. The van der Waals surface area contributed by atoms with Crippen LogP contribution in [0.15, 0.2) is 24.3 Å². The van der Waals surface area contributed by atoms with Crippen LogP contribution < -0.4 is 14.8 Å². The molecule has 1 amide bonds. The SMILES string of the molecule is CCCCS(=O)(=O)NCCNC(=O)COc1ccccc1CC. The highest BCUT2D eigenvalue weighted by Gasteiger charge is 2.09. The first-order chi connectivity index (χ1) is 11.0. The van der Waals surface area contributed by atoms with Crippen LogP contribution >= 0.6 is 0 Å². The molecule has 0 aliphatic heterocycles. The molecule has 1 aromatic rings. The number of para-hydroxylation sites is 1. The molecule has 0 saturated heterocycles. The van der Waals surface area contributed by atoms with E-state index in [0.717, 1.165) is 18.4 Å². The topological polar surface area (TPSA) is 84.5 Å². The third kappa shape index (κ3) is 7.99. The van der Waals surface area contributed by atoms with Gasteiger partial charge in [-0.15, -0.1) is 0 Å². The average Bonchev–Trinajstić information content (AvgIpc) is 2.55. The van der Waals surface area contributed by atoms with Crippen molar-refractivity contribution in [3.05, 3.63) is 29.8 Å². The molecular weight excluding hydrogens is 316 g/mol. The molecule has 0 radical (unpaired) electrons. The highest BCUT2D eigenvalue weighted by atomic mass is 32.2. The van der Waals surface area contributed by atoms with Crippen molar-refractivity contribution >= 4 is 15.9 Å². The molecule has 7 heteroatoms. The average molecular weight is 342 g/mol. The van der Waals surface area contributed by atoms with Crippen LogP contribution in [0.4, 0.5) is 0 Å². The Balaban J connectivity index is 2.25.